The number of rotatable bonds is 36. The van der Waals surface area contributed by atoms with E-state index in [-0.39, 0.29) is 0 Å². The van der Waals surface area contributed by atoms with E-state index in [1.807, 2.05) is 7.05 Å². The van der Waals surface area contributed by atoms with E-state index in [1.165, 1.54) is 0 Å². The van der Waals surface area contributed by atoms with Gasteiger partial charge in [0.05, 0.1) is 139 Å². The largest absolute Gasteiger partial charge is 0.379 e. The maximum Gasteiger partial charge on any atom is 0.0701 e. The highest BCUT2D eigenvalue weighted by Crippen LogP contribution is 2.00. The smallest absolute Gasteiger partial charge is 0.0701 e. The van der Waals surface area contributed by atoms with Crippen LogP contribution in [-0.4, -0.2) is 159 Å². The van der Waals surface area contributed by atoms with Crippen molar-refractivity contribution in [3.05, 3.63) is 0 Å². The van der Waals surface area contributed by atoms with Gasteiger partial charge in [0, 0.05) is 13.2 Å². The third kappa shape index (κ3) is 35.5. The fourth-order valence-electron chi connectivity index (χ4n) is 2.78. The van der Waals surface area contributed by atoms with Gasteiger partial charge in [-0.15, -0.1) is 0 Å². The van der Waals surface area contributed by atoms with Gasteiger partial charge in [0.15, 0.2) is 0 Å². The van der Waals surface area contributed by atoms with E-state index in [0.717, 1.165) is 19.6 Å². The van der Waals surface area contributed by atoms with Gasteiger partial charge >= 0.3 is 0 Å². The summed E-state index contributed by atoms with van der Waals surface area (Å²) >= 11 is 0. The van der Waals surface area contributed by atoms with Crippen LogP contribution in [0.3, 0.4) is 0 Å². The number of nitrogens with one attached hydrogen (secondary N) is 1. The molecule has 0 aliphatic heterocycles. The molecule has 1 N–H and O–H groups in total. The second kappa shape index (κ2) is 36.5. The summed E-state index contributed by atoms with van der Waals surface area (Å²) in [4.78, 5) is 0. The van der Waals surface area contributed by atoms with E-state index in [9.17, 15) is 0 Å². The number of likely N-dealkylation sites (N-methyl/N-ethyl adjacent to an activating group) is 1. The van der Waals surface area contributed by atoms with Crippen molar-refractivity contribution in [2.75, 3.05) is 159 Å². The summed E-state index contributed by atoms with van der Waals surface area (Å²) in [7, 11) is 1.90. The summed E-state index contributed by atoms with van der Waals surface area (Å²) < 4.78 is 60.0. The minimum absolute atomic E-state index is 0.523. The maximum absolute atomic E-state index is 5.53. The van der Waals surface area contributed by atoms with Crippen molar-refractivity contribution >= 4 is 0 Å². The Kier molecular flexibility index (Phi) is 36.1. The zero-order chi connectivity index (χ0) is 29.0. The molecule has 0 aromatic rings. The molecule has 1 unspecified atom stereocenters. The second-order valence-corrected chi connectivity index (χ2v) is 8.82. The van der Waals surface area contributed by atoms with E-state index in [4.69, 9.17) is 52.1 Å². The van der Waals surface area contributed by atoms with Gasteiger partial charge in [0.2, 0.25) is 0 Å². The summed E-state index contributed by atoms with van der Waals surface area (Å²) in [5, 5.41) is 3.02. The van der Waals surface area contributed by atoms with Gasteiger partial charge in [-0.25, -0.2) is 0 Å². The fraction of sp³-hybridized carbons (Fsp3) is 1.00. The number of hydrogen-bond acceptors (Lipinski definition) is 12. The molecule has 12 heteroatoms. The van der Waals surface area contributed by atoms with Crippen molar-refractivity contribution in [1.29, 1.82) is 0 Å². The van der Waals surface area contributed by atoms with Crippen LogP contribution in [0.2, 0.25) is 0 Å². The standard InChI is InChI=1S/C28H59NO11/c1-4-28(2)27-40-26-25-39-24-23-38-22-21-37-20-19-36-18-17-35-16-15-34-14-13-33-12-11-32-10-9-31-8-7-30-6-5-29-3/h28-29H,4-27H2,1-3H3. The van der Waals surface area contributed by atoms with Gasteiger partial charge in [-0.2, -0.15) is 0 Å². The lowest BCUT2D eigenvalue weighted by atomic mass is 10.1. The van der Waals surface area contributed by atoms with E-state index < -0.39 is 0 Å². The molecule has 0 radical (unpaired) electrons. The summed E-state index contributed by atoms with van der Waals surface area (Å²) in [5.41, 5.74) is 0. The van der Waals surface area contributed by atoms with Crippen LogP contribution >= 0.6 is 0 Å². The molecule has 0 bridgehead atoms. The third-order valence-corrected chi connectivity index (χ3v) is 5.32. The Hall–Kier alpha value is -0.480. The molecule has 0 aromatic carbocycles. The average molecular weight is 586 g/mol. The summed E-state index contributed by atoms with van der Waals surface area (Å²) in [6, 6.07) is 0. The first kappa shape index (κ1) is 39.5. The fourth-order valence-corrected chi connectivity index (χ4v) is 2.78. The molecular weight excluding hydrogens is 526 g/mol. The Bertz CT molecular complexity index is 452. The average Bonchev–Trinajstić information content (AvgIpc) is 2.97. The lowest BCUT2D eigenvalue weighted by molar-refractivity contribution is -0.0277. The van der Waals surface area contributed by atoms with Gasteiger partial charge in [0.25, 0.3) is 0 Å². The van der Waals surface area contributed by atoms with Crippen LogP contribution in [0.4, 0.5) is 0 Å². The first-order valence-corrected chi connectivity index (χ1v) is 14.8. The molecule has 0 spiro atoms. The van der Waals surface area contributed by atoms with Crippen LogP contribution in [0.5, 0.6) is 0 Å². The molecule has 12 nitrogen and oxygen atoms in total. The van der Waals surface area contributed by atoms with Gasteiger partial charge in [-0.05, 0) is 13.0 Å². The zero-order valence-corrected chi connectivity index (χ0v) is 25.5. The Labute approximate surface area is 242 Å². The molecule has 0 amide bonds. The van der Waals surface area contributed by atoms with Crippen molar-refractivity contribution in [2.45, 2.75) is 20.3 Å². The zero-order valence-electron chi connectivity index (χ0n) is 25.5. The molecule has 0 saturated heterocycles. The monoisotopic (exact) mass is 585 g/mol. The molecule has 0 saturated carbocycles. The molecular formula is C28H59NO11. The quantitative estimate of drug-likeness (QED) is 0.107. The molecule has 0 rings (SSSR count). The first-order chi connectivity index (χ1) is 19.8. The predicted molar refractivity (Wildman–Crippen MR) is 152 cm³/mol. The SMILES string of the molecule is CCC(C)COCCOCCOCCOCCOCCOCCOCCOCCOCCOCCOCCNC. The molecule has 1 atom stereocenters. The van der Waals surface area contributed by atoms with Crippen molar-refractivity contribution in [3.63, 3.8) is 0 Å². The van der Waals surface area contributed by atoms with Gasteiger partial charge in [-0.1, -0.05) is 20.3 Å². The van der Waals surface area contributed by atoms with Crippen molar-refractivity contribution in [2.24, 2.45) is 5.92 Å². The van der Waals surface area contributed by atoms with Crippen LogP contribution in [-0.2, 0) is 52.1 Å². The van der Waals surface area contributed by atoms with Crippen LogP contribution in [0.1, 0.15) is 20.3 Å². The highest BCUT2D eigenvalue weighted by molar-refractivity contribution is 4.46. The third-order valence-electron chi connectivity index (χ3n) is 5.32. The lowest BCUT2D eigenvalue weighted by Crippen LogP contribution is -2.17. The molecule has 242 valence electrons. The van der Waals surface area contributed by atoms with Crippen molar-refractivity contribution in [1.82, 2.24) is 5.32 Å². The van der Waals surface area contributed by atoms with Crippen molar-refractivity contribution < 1.29 is 52.1 Å². The number of hydrogen-bond donors (Lipinski definition) is 1. The molecule has 40 heavy (non-hydrogen) atoms. The second-order valence-electron chi connectivity index (χ2n) is 8.82. The molecule has 0 fully saturated rings. The van der Waals surface area contributed by atoms with E-state index in [0.29, 0.717) is 145 Å². The highest BCUT2D eigenvalue weighted by atomic mass is 16.6. The van der Waals surface area contributed by atoms with Gasteiger partial charge in [-0.3, -0.25) is 0 Å². The highest BCUT2D eigenvalue weighted by Gasteiger charge is 1.98. The van der Waals surface area contributed by atoms with Gasteiger partial charge < -0.3 is 57.4 Å². The molecule has 0 aliphatic carbocycles. The Morgan fingerprint density at radius 3 is 0.825 bits per heavy atom. The summed E-state index contributed by atoms with van der Waals surface area (Å²) in [6.45, 7) is 17.7. The van der Waals surface area contributed by atoms with Crippen LogP contribution in [0, 0.1) is 5.92 Å². The molecule has 0 heterocycles. The van der Waals surface area contributed by atoms with Crippen LogP contribution < -0.4 is 5.32 Å². The lowest BCUT2D eigenvalue weighted by Gasteiger charge is -2.10. The van der Waals surface area contributed by atoms with Gasteiger partial charge in [0.1, 0.15) is 0 Å². The predicted octanol–water partition coefficient (Wildman–Crippen LogP) is 1.43. The maximum atomic E-state index is 5.53. The molecule has 0 aromatic heterocycles. The Morgan fingerprint density at radius 1 is 0.375 bits per heavy atom. The van der Waals surface area contributed by atoms with E-state index in [2.05, 4.69) is 19.2 Å². The van der Waals surface area contributed by atoms with Crippen LogP contribution in [0.25, 0.3) is 0 Å². The minimum Gasteiger partial charge on any atom is -0.379 e. The van der Waals surface area contributed by atoms with Crippen molar-refractivity contribution in [3.8, 4) is 0 Å². The minimum atomic E-state index is 0.523. The molecule has 0 aliphatic rings. The topological polar surface area (TPSA) is 114 Å². The Balaban J connectivity index is 3.03. The Morgan fingerprint density at radius 2 is 0.600 bits per heavy atom. The first-order valence-electron chi connectivity index (χ1n) is 14.8. The van der Waals surface area contributed by atoms with Crippen LogP contribution in [0.15, 0.2) is 0 Å². The number of ether oxygens (including phenoxy) is 11. The van der Waals surface area contributed by atoms with E-state index >= 15 is 0 Å². The summed E-state index contributed by atoms with van der Waals surface area (Å²) in [5.74, 6) is 0.601. The van der Waals surface area contributed by atoms with E-state index in [1.54, 1.807) is 0 Å². The summed E-state index contributed by atoms with van der Waals surface area (Å²) in [6.07, 6.45) is 1.14. The normalized spacial score (nSPS) is 12.4.